The number of benzene rings is 2. The van der Waals surface area contributed by atoms with Crippen molar-refractivity contribution in [3.8, 4) is 0 Å². The van der Waals surface area contributed by atoms with Gasteiger partial charge in [-0.2, -0.15) is 0 Å². The molecule has 1 aliphatic rings. The first-order chi connectivity index (χ1) is 16.0. The van der Waals surface area contributed by atoms with E-state index in [0.29, 0.717) is 11.4 Å². The maximum atomic E-state index is 12.5. The number of thiazole rings is 1. The van der Waals surface area contributed by atoms with Gasteiger partial charge in [-0.3, -0.25) is 19.8 Å². The minimum absolute atomic E-state index is 0.0325. The first kappa shape index (κ1) is 22.2. The first-order valence-electron chi connectivity index (χ1n) is 10.5. The highest BCUT2D eigenvalue weighted by Gasteiger charge is 2.20. The molecule has 11 heteroatoms. The zero-order valence-electron chi connectivity index (χ0n) is 17.5. The predicted octanol–water partition coefficient (Wildman–Crippen LogP) is 4.73. The molecular formula is C22H20BrN5O3S2. The summed E-state index contributed by atoms with van der Waals surface area (Å²) in [5.74, 6) is -0.141. The van der Waals surface area contributed by atoms with E-state index in [-0.39, 0.29) is 11.6 Å². The van der Waals surface area contributed by atoms with Crippen molar-refractivity contribution >= 4 is 75.6 Å². The van der Waals surface area contributed by atoms with Crippen molar-refractivity contribution in [2.45, 2.75) is 0 Å². The topological polar surface area (TPSA) is 91.6 Å². The van der Waals surface area contributed by atoms with Gasteiger partial charge in [0.1, 0.15) is 0 Å². The predicted molar refractivity (Wildman–Crippen MR) is 137 cm³/mol. The molecule has 8 nitrogen and oxygen atoms in total. The number of rotatable bonds is 6. The van der Waals surface area contributed by atoms with Crippen LogP contribution in [0.1, 0.15) is 9.67 Å². The van der Waals surface area contributed by atoms with Crippen LogP contribution in [0.15, 0.2) is 46.9 Å². The first-order valence-corrected chi connectivity index (χ1v) is 12.9. The standard InChI is InChI=1S/C22H20BrN5O3S2/c23-15-1-3-17-19(13-15)33-22(25-17)27-9-7-26(8-10-27)6-5-24-21(29)20-12-14-11-16(28(30)31)2-4-18(14)32-20/h1-4,11-13H,5-10H2,(H,24,29). The molecule has 0 radical (unpaired) electrons. The van der Waals surface area contributed by atoms with Crippen LogP contribution in [0.2, 0.25) is 0 Å². The number of hydrogen-bond acceptors (Lipinski definition) is 8. The summed E-state index contributed by atoms with van der Waals surface area (Å²) in [6.07, 6.45) is 0. The van der Waals surface area contributed by atoms with Crippen LogP contribution in [-0.2, 0) is 0 Å². The van der Waals surface area contributed by atoms with E-state index < -0.39 is 4.92 Å². The largest absolute Gasteiger partial charge is 0.350 e. The normalized spacial score (nSPS) is 14.8. The Kier molecular flexibility index (Phi) is 6.28. The van der Waals surface area contributed by atoms with Gasteiger partial charge in [0.15, 0.2) is 5.13 Å². The molecule has 1 N–H and O–H groups in total. The fourth-order valence-electron chi connectivity index (χ4n) is 3.86. The highest BCUT2D eigenvalue weighted by Crippen LogP contribution is 2.31. The lowest BCUT2D eigenvalue weighted by Gasteiger charge is -2.34. The fraction of sp³-hybridized carbons (Fsp3) is 0.273. The van der Waals surface area contributed by atoms with Crippen LogP contribution in [0.5, 0.6) is 0 Å². The number of piperazine rings is 1. The summed E-state index contributed by atoms with van der Waals surface area (Å²) >= 11 is 6.58. The third-order valence-electron chi connectivity index (χ3n) is 5.63. The molecule has 0 atom stereocenters. The second kappa shape index (κ2) is 9.34. The highest BCUT2D eigenvalue weighted by atomic mass is 79.9. The number of non-ortho nitro benzene ring substituents is 1. The van der Waals surface area contributed by atoms with Gasteiger partial charge in [0, 0.05) is 66.0 Å². The molecule has 1 aliphatic heterocycles. The molecule has 0 spiro atoms. The van der Waals surface area contributed by atoms with Gasteiger partial charge in [0.25, 0.3) is 11.6 Å². The number of hydrogen-bond donors (Lipinski definition) is 1. The van der Waals surface area contributed by atoms with E-state index in [1.54, 1.807) is 23.5 Å². The zero-order valence-corrected chi connectivity index (χ0v) is 20.7. The smallest absolute Gasteiger partial charge is 0.270 e. The van der Waals surface area contributed by atoms with Gasteiger partial charge in [-0.05, 0) is 30.3 Å². The van der Waals surface area contributed by atoms with Crippen molar-refractivity contribution in [2.75, 3.05) is 44.2 Å². The molecule has 170 valence electrons. The molecule has 0 bridgehead atoms. The van der Waals surface area contributed by atoms with Crippen molar-refractivity contribution in [3.63, 3.8) is 0 Å². The Balaban J connectivity index is 1.12. The van der Waals surface area contributed by atoms with Crippen LogP contribution in [0, 0.1) is 10.1 Å². The van der Waals surface area contributed by atoms with E-state index in [9.17, 15) is 14.9 Å². The van der Waals surface area contributed by atoms with Crippen molar-refractivity contribution < 1.29 is 9.72 Å². The number of carbonyl (C=O) groups is 1. The van der Waals surface area contributed by atoms with Crippen LogP contribution in [0.3, 0.4) is 0 Å². The lowest BCUT2D eigenvalue weighted by atomic mass is 10.2. The summed E-state index contributed by atoms with van der Waals surface area (Å²) in [5, 5.41) is 15.7. The Morgan fingerprint density at radius 3 is 2.70 bits per heavy atom. The highest BCUT2D eigenvalue weighted by molar-refractivity contribution is 9.10. The number of nitrogens with one attached hydrogen (secondary N) is 1. The van der Waals surface area contributed by atoms with Crippen LogP contribution in [-0.4, -0.2) is 60.0 Å². The minimum atomic E-state index is -0.424. The average Bonchev–Trinajstić information content (AvgIpc) is 3.42. The summed E-state index contributed by atoms with van der Waals surface area (Å²) in [7, 11) is 0. The summed E-state index contributed by atoms with van der Waals surface area (Å²) in [4.78, 5) is 33.1. The number of thiophene rings is 1. The number of amides is 1. The van der Waals surface area contributed by atoms with E-state index in [4.69, 9.17) is 4.98 Å². The van der Waals surface area contributed by atoms with Crippen LogP contribution >= 0.6 is 38.6 Å². The van der Waals surface area contributed by atoms with Crippen molar-refractivity contribution in [1.82, 2.24) is 15.2 Å². The molecule has 1 amide bonds. The molecule has 3 heterocycles. The Morgan fingerprint density at radius 2 is 1.91 bits per heavy atom. The molecule has 1 fully saturated rings. The third-order valence-corrected chi connectivity index (χ3v) is 8.32. The van der Waals surface area contributed by atoms with E-state index in [1.165, 1.54) is 28.2 Å². The molecule has 33 heavy (non-hydrogen) atoms. The van der Waals surface area contributed by atoms with Gasteiger partial charge >= 0.3 is 0 Å². The van der Waals surface area contributed by atoms with Gasteiger partial charge in [-0.1, -0.05) is 27.3 Å². The Morgan fingerprint density at radius 1 is 1.09 bits per heavy atom. The lowest BCUT2D eigenvalue weighted by Crippen LogP contribution is -2.48. The monoisotopic (exact) mass is 545 g/mol. The van der Waals surface area contributed by atoms with Crippen LogP contribution in [0.25, 0.3) is 20.3 Å². The SMILES string of the molecule is O=C(NCCN1CCN(c2nc3ccc(Br)cc3s2)CC1)c1cc2cc([N+](=O)[O-])ccc2s1. The molecule has 5 rings (SSSR count). The molecule has 4 aromatic rings. The molecule has 0 saturated carbocycles. The Hall–Kier alpha value is -2.60. The number of nitro groups is 1. The van der Waals surface area contributed by atoms with Gasteiger partial charge in [0.05, 0.1) is 20.0 Å². The molecule has 2 aromatic carbocycles. The van der Waals surface area contributed by atoms with Gasteiger partial charge in [-0.25, -0.2) is 4.98 Å². The van der Waals surface area contributed by atoms with Crippen LogP contribution < -0.4 is 10.2 Å². The minimum Gasteiger partial charge on any atom is -0.350 e. The summed E-state index contributed by atoms with van der Waals surface area (Å²) in [5.41, 5.74) is 1.06. The van der Waals surface area contributed by atoms with Gasteiger partial charge in [-0.15, -0.1) is 11.3 Å². The van der Waals surface area contributed by atoms with E-state index >= 15 is 0 Å². The van der Waals surface area contributed by atoms with E-state index in [0.717, 1.165) is 57.9 Å². The number of nitro benzene ring substituents is 1. The summed E-state index contributed by atoms with van der Waals surface area (Å²) in [6, 6.07) is 12.5. The van der Waals surface area contributed by atoms with Gasteiger partial charge in [0.2, 0.25) is 0 Å². The molecule has 0 unspecified atom stereocenters. The maximum absolute atomic E-state index is 12.5. The molecular weight excluding hydrogens is 526 g/mol. The average molecular weight is 546 g/mol. The van der Waals surface area contributed by atoms with Crippen molar-refractivity contribution in [1.29, 1.82) is 0 Å². The molecule has 1 saturated heterocycles. The van der Waals surface area contributed by atoms with E-state index in [2.05, 4.69) is 37.1 Å². The maximum Gasteiger partial charge on any atom is 0.270 e. The fourth-order valence-corrected chi connectivity index (χ4v) is 6.38. The number of nitrogens with zero attached hydrogens (tertiary/aromatic N) is 4. The second-order valence-corrected chi connectivity index (χ2v) is 10.8. The number of aromatic nitrogens is 1. The zero-order chi connectivity index (χ0) is 22.9. The quantitative estimate of drug-likeness (QED) is 0.278. The van der Waals surface area contributed by atoms with E-state index in [1.807, 2.05) is 12.1 Å². The number of halogens is 1. The third kappa shape index (κ3) is 4.86. The second-order valence-electron chi connectivity index (χ2n) is 7.78. The summed E-state index contributed by atoms with van der Waals surface area (Å²) < 4.78 is 3.11. The number of carbonyl (C=O) groups excluding carboxylic acids is 1. The lowest BCUT2D eigenvalue weighted by molar-refractivity contribution is -0.384. The number of anilines is 1. The molecule has 2 aromatic heterocycles. The van der Waals surface area contributed by atoms with Crippen molar-refractivity contribution in [3.05, 3.63) is 61.9 Å². The Labute approximate surface area is 206 Å². The van der Waals surface area contributed by atoms with Gasteiger partial charge < -0.3 is 10.2 Å². The molecule has 0 aliphatic carbocycles. The van der Waals surface area contributed by atoms with Crippen LogP contribution in [0.4, 0.5) is 10.8 Å². The van der Waals surface area contributed by atoms with Crippen molar-refractivity contribution in [2.24, 2.45) is 0 Å². The number of fused-ring (bicyclic) bond motifs is 2. The Bertz CT molecular complexity index is 1350. The summed E-state index contributed by atoms with van der Waals surface area (Å²) in [6.45, 7) is 4.99.